The Morgan fingerprint density at radius 2 is 2.07 bits per heavy atom. The van der Waals surface area contributed by atoms with Gasteiger partial charge < -0.3 is 4.79 Å². The average Bonchev–Trinajstić information content (AvgIpc) is 2.45. The van der Waals surface area contributed by atoms with Crippen molar-refractivity contribution >= 4 is 6.29 Å². The van der Waals surface area contributed by atoms with Gasteiger partial charge in [0.25, 0.3) is 0 Å². The number of unbranched alkanes of at least 4 members (excludes halogenated alkanes) is 1. The van der Waals surface area contributed by atoms with E-state index >= 15 is 0 Å². The molecule has 0 radical (unpaired) electrons. The number of aryl methyl sites for hydroxylation is 1. The van der Waals surface area contributed by atoms with Crippen LogP contribution < -0.4 is 0 Å². The van der Waals surface area contributed by atoms with Gasteiger partial charge in [-0.1, -0.05) is 0 Å². The molecule has 3 nitrogen and oxygen atoms in total. The maximum Gasteiger partial charge on any atom is 0.120 e. The lowest BCUT2D eigenvalue weighted by Crippen LogP contribution is -2.05. The summed E-state index contributed by atoms with van der Waals surface area (Å²) in [4.78, 5) is 10.3. The Kier molecular flexibility index (Phi) is 4.06. The molecule has 0 fully saturated rings. The lowest BCUT2D eigenvalue weighted by molar-refractivity contribution is -0.107. The average molecular weight is 208 g/mol. The summed E-state index contributed by atoms with van der Waals surface area (Å²) in [5.74, 6) is 0. The molecule has 3 heteroatoms. The van der Waals surface area contributed by atoms with Gasteiger partial charge in [0.1, 0.15) is 6.29 Å². The molecule has 0 aliphatic rings. The highest BCUT2D eigenvalue weighted by Gasteiger charge is 2.12. The van der Waals surface area contributed by atoms with Crippen LogP contribution in [0.2, 0.25) is 0 Å². The van der Waals surface area contributed by atoms with Crippen molar-refractivity contribution in [2.75, 3.05) is 0 Å². The van der Waals surface area contributed by atoms with Gasteiger partial charge in [-0.05, 0) is 46.1 Å². The quantitative estimate of drug-likeness (QED) is 0.550. The highest BCUT2D eigenvalue weighted by molar-refractivity contribution is 5.49. The summed E-state index contributed by atoms with van der Waals surface area (Å²) in [6.45, 7) is 8.42. The Labute approximate surface area is 91.5 Å². The molecule has 0 bridgehead atoms. The number of carbonyl (C=O) groups is 1. The summed E-state index contributed by atoms with van der Waals surface area (Å²) in [5.41, 5.74) is 3.66. The van der Waals surface area contributed by atoms with Crippen LogP contribution in [0.5, 0.6) is 0 Å². The molecule has 0 saturated carbocycles. The number of nitrogens with zero attached hydrogens (tertiary/aromatic N) is 2. The molecule has 0 aliphatic heterocycles. The third kappa shape index (κ3) is 2.67. The smallest absolute Gasteiger partial charge is 0.120 e. The fourth-order valence-corrected chi connectivity index (χ4v) is 1.92. The van der Waals surface area contributed by atoms with Crippen molar-refractivity contribution in [3.63, 3.8) is 0 Å². The van der Waals surface area contributed by atoms with E-state index in [0.29, 0.717) is 12.5 Å². The van der Waals surface area contributed by atoms with Crippen molar-refractivity contribution in [3.8, 4) is 0 Å². The Balaban J connectivity index is 2.83. The van der Waals surface area contributed by atoms with Gasteiger partial charge in [0.05, 0.1) is 5.69 Å². The van der Waals surface area contributed by atoms with Crippen molar-refractivity contribution in [2.24, 2.45) is 0 Å². The highest BCUT2D eigenvalue weighted by Crippen LogP contribution is 2.18. The van der Waals surface area contributed by atoms with E-state index in [1.165, 1.54) is 11.3 Å². The predicted molar refractivity (Wildman–Crippen MR) is 61.1 cm³/mol. The van der Waals surface area contributed by atoms with Crippen molar-refractivity contribution in [2.45, 2.75) is 53.0 Å². The molecule has 15 heavy (non-hydrogen) atoms. The van der Waals surface area contributed by atoms with Crippen LogP contribution in [0.15, 0.2) is 0 Å². The monoisotopic (exact) mass is 208 g/mol. The van der Waals surface area contributed by atoms with Gasteiger partial charge in [-0.25, -0.2) is 0 Å². The fraction of sp³-hybridized carbons (Fsp3) is 0.667. The summed E-state index contributed by atoms with van der Waals surface area (Å²) in [6.07, 6.45) is 3.52. The van der Waals surface area contributed by atoms with Gasteiger partial charge in [0.2, 0.25) is 0 Å². The van der Waals surface area contributed by atoms with Crippen LogP contribution in [0, 0.1) is 13.8 Å². The minimum atomic E-state index is 0.406. The van der Waals surface area contributed by atoms with Crippen LogP contribution in [-0.4, -0.2) is 16.1 Å². The topological polar surface area (TPSA) is 34.9 Å². The van der Waals surface area contributed by atoms with Crippen LogP contribution in [0.1, 0.15) is 49.7 Å². The number of aldehydes is 1. The molecule has 84 valence electrons. The molecule has 0 unspecified atom stereocenters. The van der Waals surface area contributed by atoms with Crippen LogP contribution in [0.25, 0.3) is 0 Å². The van der Waals surface area contributed by atoms with Crippen LogP contribution in [0.3, 0.4) is 0 Å². The zero-order chi connectivity index (χ0) is 11.4. The molecule has 1 aromatic rings. The lowest BCUT2D eigenvalue weighted by atomic mass is 10.1. The first-order chi connectivity index (χ1) is 7.07. The predicted octanol–water partition coefficient (Wildman–Crippen LogP) is 2.60. The Morgan fingerprint density at radius 3 is 2.53 bits per heavy atom. The van der Waals surface area contributed by atoms with E-state index in [1.807, 2.05) is 6.92 Å². The minimum absolute atomic E-state index is 0.406. The van der Waals surface area contributed by atoms with Gasteiger partial charge in [0.15, 0.2) is 0 Å². The first-order valence-electron chi connectivity index (χ1n) is 5.56. The highest BCUT2D eigenvalue weighted by atomic mass is 16.1. The zero-order valence-electron chi connectivity index (χ0n) is 10.1. The third-order valence-corrected chi connectivity index (χ3v) is 2.71. The minimum Gasteiger partial charge on any atom is -0.303 e. The van der Waals surface area contributed by atoms with E-state index in [9.17, 15) is 4.79 Å². The van der Waals surface area contributed by atoms with Crippen molar-refractivity contribution < 1.29 is 4.79 Å². The molecule has 0 amide bonds. The summed E-state index contributed by atoms with van der Waals surface area (Å²) < 4.78 is 2.06. The molecular formula is C12H20N2O. The number of carbonyl (C=O) groups excluding carboxylic acids is 1. The second kappa shape index (κ2) is 5.10. The second-order valence-electron chi connectivity index (χ2n) is 4.25. The molecule has 0 spiro atoms. The molecule has 1 aromatic heterocycles. The van der Waals surface area contributed by atoms with E-state index in [1.54, 1.807) is 0 Å². The van der Waals surface area contributed by atoms with Crippen LogP contribution in [0.4, 0.5) is 0 Å². The number of hydrogen-bond acceptors (Lipinski definition) is 2. The van der Waals surface area contributed by atoms with Gasteiger partial charge in [-0.15, -0.1) is 0 Å². The van der Waals surface area contributed by atoms with E-state index < -0.39 is 0 Å². The lowest BCUT2D eigenvalue weighted by Gasteiger charge is -2.08. The van der Waals surface area contributed by atoms with Gasteiger partial charge in [0, 0.05) is 18.2 Å². The zero-order valence-corrected chi connectivity index (χ0v) is 10.1. The molecule has 0 aliphatic carbocycles. The summed E-state index contributed by atoms with van der Waals surface area (Å²) in [5, 5.41) is 4.52. The van der Waals surface area contributed by atoms with Crippen LogP contribution >= 0.6 is 0 Å². The molecular weight excluding hydrogens is 188 g/mol. The van der Waals surface area contributed by atoms with E-state index in [4.69, 9.17) is 0 Å². The Hall–Kier alpha value is -1.12. The van der Waals surface area contributed by atoms with E-state index in [2.05, 4.69) is 30.6 Å². The van der Waals surface area contributed by atoms with Gasteiger partial charge >= 0.3 is 0 Å². The Bertz CT molecular complexity index is 340. The standard InChI is InChI=1S/C12H20N2O/c1-9(2)14-11(4)12(10(3)13-14)7-5-6-8-15/h8-9H,5-7H2,1-4H3. The van der Waals surface area contributed by atoms with Crippen molar-refractivity contribution in [1.82, 2.24) is 9.78 Å². The second-order valence-corrected chi connectivity index (χ2v) is 4.25. The van der Waals surface area contributed by atoms with E-state index in [-0.39, 0.29) is 0 Å². The fourth-order valence-electron chi connectivity index (χ4n) is 1.92. The first-order valence-corrected chi connectivity index (χ1v) is 5.56. The summed E-state index contributed by atoms with van der Waals surface area (Å²) in [6, 6.07) is 0.406. The van der Waals surface area contributed by atoms with Crippen molar-refractivity contribution in [1.29, 1.82) is 0 Å². The summed E-state index contributed by atoms with van der Waals surface area (Å²) >= 11 is 0. The summed E-state index contributed by atoms with van der Waals surface area (Å²) in [7, 11) is 0. The number of aromatic nitrogens is 2. The molecule has 0 saturated heterocycles. The van der Waals surface area contributed by atoms with Gasteiger partial charge in [-0.3, -0.25) is 4.68 Å². The number of rotatable bonds is 5. The maximum atomic E-state index is 10.3. The number of hydrogen-bond donors (Lipinski definition) is 0. The normalized spacial score (nSPS) is 11.0. The Morgan fingerprint density at radius 1 is 1.40 bits per heavy atom. The molecule has 1 rings (SSSR count). The first kappa shape index (κ1) is 12.0. The maximum absolute atomic E-state index is 10.3. The van der Waals surface area contributed by atoms with Gasteiger partial charge in [-0.2, -0.15) is 5.10 Å². The largest absolute Gasteiger partial charge is 0.303 e. The van der Waals surface area contributed by atoms with Crippen molar-refractivity contribution in [3.05, 3.63) is 17.0 Å². The van der Waals surface area contributed by atoms with Crippen LogP contribution in [-0.2, 0) is 11.2 Å². The third-order valence-electron chi connectivity index (χ3n) is 2.71. The SMILES string of the molecule is Cc1nn(C(C)C)c(C)c1CCCC=O. The van der Waals surface area contributed by atoms with E-state index in [0.717, 1.165) is 24.8 Å². The molecule has 0 aromatic carbocycles. The molecule has 0 N–H and O–H groups in total. The molecule has 0 atom stereocenters. The molecule has 1 heterocycles.